The van der Waals surface area contributed by atoms with Gasteiger partial charge in [0.25, 0.3) is 0 Å². The third-order valence-corrected chi connectivity index (χ3v) is 8.76. The summed E-state index contributed by atoms with van der Waals surface area (Å²) in [6, 6.07) is 0. The van der Waals surface area contributed by atoms with Crippen LogP contribution in [0.2, 0.25) is 0 Å². The minimum atomic E-state index is 0.121. The van der Waals surface area contributed by atoms with Gasteiger partial charge in [-0.1, -0.05) is 48.5 Å². The largest absolute Gasteiger partial charge is 0.379 e. The number of ether oxygens (including phenoxy) is 22. The average Bonchev–Trinajstić information content (AvgIpc) is 3.46. The molecule has 78 heavy (non-hydrogen) atoms. The Bertz CT molecular complexity index is 983. The van der Waals surface area contributed by atoms with E-state index in [9.17, 15) is 4.79 Å². The molecule has 0 saturated carbocycles. The van der Waals surface area contributed by atoms with Gasteiger partial charge in [-0.3, -0.25) is 4.79 Å². The van der Waals surface area contributed by atoms with Gasteiger partial charge in [-0.05, 0) is 13.3 Å². The summed E-state index contributed by atoms with van der Waals surface area (Å²) in [6.45, 7) is 37.9. The molecule has 23 nitrogen and oxygen atoms in total. The summed E-state index contributed by atoms with van der Waals surface area (Å²) in [4.78, 5) is 10.8. The lowest BCUT2D eigenvalue weighted by Crippen LogP contribution is -2.16. The monoisotopic (exact) mass is 1140 g/mol. The van der Waals surface area contributed by atoms with E-state index in [0.29, 0.717) is 291 Å². The smallest absolute Gasteiger partial charge is 0.132 e. The van der Waals surface area contributed by atoms with Gasteiger partial charge in [0.05, 0.1) is 284 Å². The molecule has 474 valence electrons. The Morgan fingerprint density at radius 3 is 0.359 bits per heavy atom. The zero-order valence-electron chi connectivity index (χ0n) is 50.4. The molecule has 0 bridgehead atoms. The molecule has 0 rings (SSSR count). The van der Waals surface area contributed by atoms with Crippen molar-refractivity contribution in [3.05, 3.63) is 0 Å². The Labute approximate surface area is 472 Å². The van der Waals surface area contributed by atoms with Crippen molar-refractivity contribution in [3.63, 3.8) is 0 Å². The zero-order valence-corrected chi connectivity index (χ0v) is 50.4. The SMILES string of the molecule is CC.CC.CC.CCCOCCOCCOCCOCCOCCOCCOCCOCCOCCOCCOCCOCCOCCOCCOCCOCCOCCOCCOCCOCCOCCOCCC(C)=O. The zero-order chi connectivity index (χ0) is 57.7. The highest BCUT2D eigenvalue weighted by molar-refractivity contribution is 5.75. The second-order valence-corrected chi connectivity index (χ2v) is 14.9. The summed E-state index contributed by atoms with van der Waals surface area (Å²) >= 11 is 0. The fraction of sp³-hybridized carbons (Fsp3) is 0.982. The highest BCUT2D eigenvalue weighted by Crippen LogP contribution is 1.91. The van der Waals surface area contributed by atoms with Gasteiger partial charge in [-0.2, -0.15) is 0 Å². The van der Waals surface area contributed by atoms with E-state index in [-0.39, 0.29) is 5.78 Å². The van der Waals surface area contributed by atoms with Gasteiger partial charge in [0, 0.05) is 13.0 Å². The average molecular weight is 1150 g/mol. The van der Waals surface area contributed by atoms with Crippen molar-refractivity contribution in [1.29, 1.82) is 0 Å². The van der Waals surface area contributed by atoms with Crippen molar-refractivity contribution in [2.24, 2.45) is 0 Å². The number of Topliss-reactive ketones (excluding diaryl/α,β-unsaturated/α-hetero) is 1. The van der Waals surface area contributed by atoms with Gasteiger partial charge in [-0.25, -0.2) is 0 Å². The molecule has 0 aromatic heterocycles. The minimum absolute atomic E-state index is 0.121. The Morgan fingerprint density at radius 1 is 0.179 bits per heavy atom. The fourth-order valence-corrected chi connectivity index (χ4v) is 5.08. The van der Waals surface area contributed by atoms with Crippen LogP contribution in [0.3, 0.4) is 0 Å². The Hall–Kier alpha value is -1.21. The summed E-state index contributed by atoms with van der Waals surface area (Å²) in [5, 5.41) is 0. The third-order valence-electron chi connectivity index (χ3n) is 8.76. The number of hydrogen-bond acceptors (Lipinski definition) is 23. The molecule has 0 unspecified atom stereocenters. The van der Waals surface area contributed by atoms with Crippen LogP contribution < -0.4 is 0 Å². The second kappa shape index (κ2) is 87.0. The normalized spacial score (nSPS) is 11.0. The topological polar surface area (TPSA) is 220 Å². The maximum Gasteiger partial charge on any atom is 0.132 e. The van der Waals surface area contributed by atoms with Gasteiger partial charge in [0.1, 0.15) is 5.78 Å². The molecule has 0 saturated heterocycles. The second-order valence-electron chi connectivity index (χ2n) is 14.9. The molecule has 0 aromatic rings. The van der Waals surface area contributed by atoms with Crippen LogP contribution in [0.15, 0.2) is 0 Å². The number of hydrogen-bond donors (Lipinski definition) is 0. The third kappa shape index (κ3) is 88.6. The molecule has 0 amide bonds. The van der Waals surface area contributed by atoms with Crippen molar-refractivity contribution in [2.45, 2.75) is 68.2 Å². The quantitative estimate of drug-likeness (QED) is 0.0746. The van der Waals surface area contributed by atoms with E-state index in [1.165, 1.54) is 0 Å². The molecule has 0 aliphatic rings. The number of ketones is 1. The maximum absolute atomic E-state index is 10.8. The standard InChI is InChI=1S/C49H98O23.3C2H6/c1-3-5-51-7-9-53-11-13-55-15-17-57-19-21-59-23-25-61-27-29-63-31-33-65-35-37-67-39-41-69-43-45-71-47-48-72-46-44-70-42-40-68-38-36-66-34-32-64-30-28-62-26-24-60-22-20-58-18-16-56-14-12-54-10-8-52-6-4-49(2)50;3*1-2/h3-48H2,1-2H3;3*1-2H3. The first-order valence-electron chi connectivity index (χ1n) is 29.0. The van der Waals surface area contributed by atoms with Crippen LogP contribution in [0.4, 0.5) is 0 Å². The van der Waals surface area contributed by atoms with Gasteiger partial charge >= 0.3 is 0 Å². The van der Waals surface area contributed by atoms with E-state index >= 15 is 0 Å². The van der Waals surface area contributed by atoms with Gasteiger partial charge in [0.15, 0.2) is 0 Å². The van der Waals surface area contributed by atoms with Crippen molar-refractivity contribution < 1.29 is 109 Å². The molecule has 0 aromatic carbocycles. The fourth-order valence-electron chi connectivity index (χ4n) is 5.08. The first-order valence-corrected chi connectivity index (χ1v) is 29.0. The van der Waals surface area contributed by atoms with Crippen molar-refractivity contribution in [2.75, 3.05) is 291 Å². The van der Waals surface area contributed by atoms with E-state index in [0.717, 1.165) is 13.0 Å². The van der Waals surface area contributed by atoms with E-state index in [4.69, 9.17) is 104 Å². The predicted molar refractivity (Wildman–Crippen MR) is 298 cm³/mol. The van der Waals surface area contributed by atoms with Crippen LogP contribution in [-0.4, -0.2) is 296 Å². The molecule has 0 N–H and O–H groups in total. The molecule has 0 radical (unpaired) electrons. The molecular formula is C55H116O23. The molecule has 0 heterocycles. The lowest BCUT2D eigenvalue weighted by molar-refractivity contribution is -0.118. The lowest BCUT2D eigenvalue weighted by Gasteiger charge is -2.09. The molecule has 0 atom stereocenters. The van der Waals surface area contributed by atoms with Crippen LogP contribution in [-0.2, 0) is 109 Å². The molecule has 0 aliphatic heterocycles. The Kier molecular flexibility index (Phi) is 92.9. The highest BCUT2D eigenvalue weighted by Gasteiger charge is 2.00. The molecular weight excluding hydrogens is 1030 g/mol. The van der Waals surface area contributed by atoms with Crippen LogP contribution in [0.25, 0.3) is 0 Å². The number of rotatable bonds is 68. The van der Waals surface area contributed by atoms with Crippen molar-refractivity contribution in [1.82, 2.24) is 0 Å². The molecule has 0 fully saturated rings. The summed E-state index contributed by atoms with van der Waals surface area (Å²) in [6.07, 6.45) is 1.45. The summed E-state index contributed by atoms with van der Waals surface area (Å²) < 4.78 is 120. The maximum atomic E-state index is 10.8. The van der Waals surface area contributed by atoms with Crippen LogP contribution >= 0.6 is 0 Å². The number of carbonyl (C=O) groups excluding carboxylic acids is 1. The molecule has 0 aliphatic carbocycles. The first-order chi connectivity index (χ1) is 38.8. The first kappa shape index (κ1) is 83.3. The summed E-state index contributed by atoms with van der Waals surface area (Å²) in [5.41, 5.74) is 0. The van der Waals surface area contributed by atoms with Gasteiger partial charge in [-0.15, -0.1) is 0 Å². The van der Waals surface area contributed by atoms with Gasteiger partial charge < -0.3 is 104 Å². The molecule has 23 heteroatoms. The van der Waals surface area contributed by atoms with Gasteiger partial charge in [0.2, 0.25) is 0 Å². The highest BCUT2D eigenvalue weighted by atomic mass is 16.6. The van der Waals surface area contributed by atoms with E-state index < -0.39 is 0 Å². The van der Waals surface area contributed by atoms with Crippen molar-refractivity contribution >= 4 is 5.78 Å². The minimum Gasteiger partial charge on any atom is -0.379 e. The summed E-state index contributed by atoms with van der Waals surface area (Å²) in [5.74, 6) is 0.121. The van der Waals surface area contributed by atoms with Crippen LogP contribution in [0.5, 0.6) is 0 Å². The molecule has 0 spiro atoms. The van der Waals surface area contributed by atoms with Crippen molar-refractivity contribution in [3.8, 4) is 0 Å². The number of carbonyl (C=O) groups is 1. The Morgan fingerprint density at radius 2 is 0.269 bits per heavy atom. The predicted octanol–water partition coefficient (Wildman–Crippen LogP) is 4.82. The van der Waals surface area contributed by atoms with Crippen LogP contribution in [0, 0.1) is 0 Å². The van der Waals surface area contributed by atoms with E-state index in [2.05, 4.69) is 6.92 Å². The lowest BCUT2D eigenvalue weighted by atomic mass is 10.3. The Balaban J connectivity index is -0.00000439. The summed E-state index contributed by atoms with van der Waals surface area (Å²) in [7, 11) is 0. The van der Waals surface area contributed by atoms with Crippen LogP contribution in [0.1, 0.15) is 68.2 Å². The van der Waals surface area contributed by atoms with E-state index in [1.54, 1.807) is 6.92 Å². The van der Waals surface area contributed by atoms with E-state index in [1.807, 2.05) is 41.5 Å².